The van der Waals surface area contributed by atoms with Gasteiger partial charge < -0.3 is 14.2 Å². The van der Waals surface area contributed by atoms with Crippen LogP contribution < -0.4 is 14.2 Å². The predicted molar refractivity (Wildman–Crippen MR) is 109 cm³/mol. The molecule has 32 heavy (non-hydrogen) atoms. The fourth-order valence-electron chi connectivity index (χ4n) is 2.88. The average Bonchev–Trinajstić information content (AvgIpc) is 3.13. The average molecular weight is 449 g/mol. The monoisotopic (exact) mass is 449 g/mol. The van der Waals surface area contributed by atoms with Crippen molar-refractivity contribution < 1.29 is 32.2 Å². The summed E-state index contributed by atoms with van der Waals surface area (Å²) in [5, 5.41) is 4.30. The summed E-state index contributed by atoms with van der Waals surface area (Å²) in [5.41, 5.74) is -0.0422. The van der Waals surface area contributed by atoms with Crippen molar-refractivity contribution in [2.45, 2.75) is 32.9 Å². The van der Waals surface area contributed by atoms with E-state index in [-0.39, 0.29) is 5.82 Å². The van der Waals surface area contributed by atoms with Gasteiger partial charge in [0, 0.05) is 30.9 Å². The largest absolute Gasteiger partial charge is 0.493 e. The number of aryl methyl sites for hydroxylation is 1. The van der Waals surface area contributed by atoms with E-state index in [0.717, 1.165) is 17.8 Å². The molecule has 0 unspecified atom stereocenters. The number of ether oxygens (including phenoxy) is 3. The van der Waals surface area contributed by atoms with E-state index in [4.69, 9.17) is 14.2 Å². The molecule has 0 radical (unpaired) electrons. The molecule has 7 nitrogen and oxygen atoms in total. The van der Waals surface area contributed by atoms with Crippen LogP contribution in [0.5, 0.6) is 17.4 Å². The number of esters is 1. The molecule has 0 bridgehead atoms. The second kappa shape index (κ2) is 10.2. The third-order valence-electron chi connectivity index (χ3n) is 4.27. The highest BCUT2D eigenvalue weighted by Crippen LogP contribution is 2.29. The highest BCUT2D eigenvalue weighted by atomic mass is 19.4. The molecule has 170 valence electrons. The molecule has 0 saturated heterocycles. The van der Waals surface area contributed by atoms with Gasteiger partial charge in [0.2, 0.25) is 5.88 Å². The number of nitrogens with zero attached hydrogens (tertiary/aromatic N) is 3. The lowest BCUT2D eigenvalue weighted by Gasteiger charge is -2.08. The van der Waals surface area contributed by atoms with Gasteiger partial charge in [0.05, 0.1) is 18.8 Å². The van der Waals surface area contributed by atoms with E-state index in [0.29, 0.717) is 43.4 Å². The van der Waals surface area contributed by atoms with Crippen molar-refractivity contribution in [3.05, 3.63) is 59.9 Å². The number of carbonyl (C=O) groups excluding carboxylic acids is 1. The predicted octanol–water partition coefficient (Wildman–Crippen LogP) is 4.62. The van der Waals surface area contributed by atoms with Crippen molar-refractivity contribution >= 4 is 5.97 Å². The van der Waals surface area contributed by atoms with Crippen LogP contribution >= 0.6 is 0 Å². The molecule has 2 aromatic heterocycles. The van der Waals surface area contributed by atoms with Crippen LogP contribution in [0.25, 0.3) is 5.82 Å². The third-order valence-corrected chi connectivity index (χ3v) is 4.27. The highest BCUT2D eigenvalue weighted by molar-refractivity contribution is 5.69. The van der Waals surface area contributed by atoms with Crippen LogP contribution in [-0.4, -0.2) is 33.9 Å². The molecular formula is C22H22F3N3O4. The van der Waals surface area contributed by atoms with Gasteiger partial charge in [0.1, 0.15) is 11.5 Å². The minimum Gasteiger partial charge on any atom is -0.493 e. The number of benzene rings is 1. The van der Waals surface area contributed by atoms with Crippen LogP contribution in [0, 0.1) is 0 Å². The van der Waals surface area contributed by atoms with Crippen LogP contribution in [0.15, 0.2) is 48.8 Å². The zero-order chi connectivity index (χ0) is 23.1. The number of rotatable bonds is 9. The fraction of sp³-hybridized carbons (Fsp3) is 0.318. The molecule has 0 aliphatic carbocycles. The topological polar surface area (TPSA) is 75.5 Å². The second-order valence-electron chi connectivity index (χ2n) is 6.76. The molecule has 0 aliphatic heterocycles. The molecule has 0 atom stereocenters. The Morgan fingerprint density at radius 2 is 1.91 bits per heavy atom. The van der Waals surface area contributed by atoms with Crippen molar-refractivity contribution in [3.63, 3.8) is 0 Å². The smallest absolute Gasteiger partial charge is 0.417 e. The summed E-state index contributed by atoms with van der Waals surface area (Å²) in [6, 6.07) is 8.98. The van der Waals surface area contributed by atoms with Gasteiger partial charge in [-0.15, -0.1) is 5.10 Å². The Morgan fingerprint density at radius 3 is 2.56 bits per heavy atom. The second-order valence-corrected chi connectivity index (χ2v) is 6.76. The number of pyridine rings is 1. The van der Waals surface area contributed by atoms with Gasteiger partial charge in [-0.1, -0.05) is 6.07 Å². The van der Waals surface area contributed by atoms with Crippen molar-refractivity contribution in [1.29, 1.82) is 0 Å². The molecule has 10 heteroatoms. The molecule has 2 heterocycles. The number of hydrogen-bond acceptors (Lipinski definition) is 6. The Hall–Kier alpha value is -3.56. The first-order valence-corrected chi connectivity index (χ1v) is 9.92. The van der Waals surface area contributed by atoms with E-state index in [1.807, 2.05) is 6.92 Å². The Balaban J connectivity index is 1.63. The normalized spacial score (nSPS) is 11.3. The first-order valence-electron chi connectivity index (χ1n) is 9.92. The molecule has 0 aliphatic rings. The molecule has 0 saturated carbocycles. The quantitative estimate of drug-likeness (QED) is 0.270. The van der Waals surface area contributed by atoms with Gasteiger partial charge in [-0.2, -0.15) is 13.2 Å². The Morgan fingerprint density at radius 1 is 1.12 bits per heavy atom. The molecular weight excluding hydrogens is 427 g/mol. The lowest BCUT2D eigenvalue weighted by Crippen LogP contribution is -2.07. The van der Waals surface area contributed by atoms with E-state index >= 15 is 0 Å². The zero-order valence-electron chi connectivity index (χ0n) is 17.6. The summed E-state index contributed by atoms with van der Waals surface area (Å²) in [5.74, 6) is 1.21. The number of carbonyl (C=O) groups is 1. The molecule has 0 N–H and O–H groups in total. The Bertz CT molecular complexity index is 1050. The fourth-order valence-corrected chi connectivity index (χ4v) is 2.88. The van der Waals surface area contributed by atoms with Gasteiger partial charge in [-0.05, 0) is 44.0 Å². The summed E-state index contributed by atoms with van der Waals surface area (Å²) in [6.07, 6.45) is -0.796. The minimum absolute atomic E-state index is 0.253. The van der Waals surface area contributed by atoms with Gasteiger partial charge in [-0.25, -0.2) is 9.67 Å². The molecule has 3 rings (SSSR count). The summed E-state index contributed by atoms with van der Waals surface area (Å²) >= 11 is 0. The molecule has 1 aromatic carbocycles. The highest BCUT2D eigenvalue weighted by Gasteiger charge is 2.30. The Kier molecular flexibility index (Phi) is 7.34. The summed E-state index contributed by atoms with van der Waals surface area (Å²) < 4.78 is 55.9. The van der Waals surface area contributed by atoms with Gasteiger partial charge in [0.15, 0.2) is 5.82 Å². The first kappa shape index (κ1) is 23.1. The van der Waals surface area contributed by atoms with Crippen LogP contribution in [0.1, 0.15) is 31.4 Å². The van der Waals surface area contributed by atoms with E-state index in [1.54, 1.807) is 30.5 Å². The number of hydrogen-bond donors (Lipinski definition) is 0. The third kappa shape index (κ3) is 6.22. The number of aromatic nitrogens is 3. The molecule has 3 aromatic rings. The summed E-state index contributed by atoms with van der Waals surface area (Å²) in [7, 11) is 0. The van der Waals surface area contributed by atoms with Crippen LogP contribution in [0.2, 0.25) is 0 Å². The number of halogens is 3. The molecule has 0 spiro atoms. The van der Waals surface area contributed by atoms with E-state index < -0.39 is 17.7 Å². The Labute approximate surface area is 182 Å². The lowest BCUT2D eigenvalue weighted by molar-refractivity contribution is -0.138. The van der Waals surface area contributed by atoms with Crippen LogP contribution in [0.3, 0.4) is 0 Å². The maximum absolute atomic E-state index is 12.7. The van der Waals surface area contributed by atoms with Crippen molar-refractivity contribution in [2.75, 3.05) is 13.2 Å². The van der Waals surface area contributed by atoms with Gasteiger partial charge >= 0.3 is 12.1 Å². The SMILES string of the molecule is CCOc1nn(-c2ccc(C(F)(F)F)cn2)cc1CCCOc1cccc(OC(C)=O)c1. The molecule has 0 fully saturated rings. The van der Waals surface area contributed by atoms with E-state index in [9.17, 15) is 18.0 Å². The first-order chi connectivity index (χ1) is 15.3. The zero-order valence-corrected chi connectivity index (χ0v) is 17.6. The summed E-state index contributed by atoms with van der Waals surface area (Å²) in [4.78, 5) is 14.9. The minimum atomic E-state index is -4.45. The lowest BCUT2D eigenvalue weighted by atomic mass is 10.2. The van der Waals surface area contributed by atoms with Gasteiger partial charge in [-0.3, -0.25) is 4.79 Å². The van der Waals surface area contributed by atoms with Crippen molar-refractivity contribution in [2.24, 2.45) is 0 Å². The van der Waals surface area contributed by atoms with Gasteiger partial charge in [0.25, 0.3) is 0 Å². The van der Waals surface area contributed by atoms with Crippen LogP contribution in [-0.2, 0) is 17.4 Å². The number of alkyl halides is 3. The maximum atomic E-state index is 12.7. The van der Waals surface area contributed by atoms with E-state index in [1.165, 1.54) is 17.7 Å². The maximum Gasteiger partial charge on any atom is 0.417 e. The standard InChI is InChI=1S/C22H22F3N3O4/c1-3-30-21-16(6-5-11-31-18-7-4-8-19(12-18)32-15(2)29)14-28(27-21)20-10-9-17(13-26-20)22(23,24)25/h4,7-10,12-14H,3,5-6,11H2,1-2H3. The molecule has 0 amide bonds. The van der Waals surface area contributed by atoms with E-state index in [2.05, 4.69) is 10.1 Å². The summed E-state index contributed by atoms with van der Waals surface area (Å²) in [6.45, 7) is 3.92. The van der Waals surface area contributed by atoms with Crippen molar-refractivity contribution in [1.82, 2.24) is 14.8 Å². The van der Waals surface area contributed by atoms with Crippen LogP contribution in [0.4, 0.5) is 13.2 Å². The van der Waals surface area contributed by atoms with Crippen molar-refractivity contribution in [3.8, 4) is 23.2 Å².